The molecule has 16 heavy (non-hydrogen) atoms. The molecule has 3 heteroatoms. The molecule has 0 saturated carbocycles. The summed E-state index contributed by atoms with van der Waals surface area (Å²) in [6.07, 6.45) is 3.51. The number of nitrogens with zero attached hydrogens (tertiary/aromatic N) is 2. The molecule has 0 fully saturated rings. The van der Waals surface area contributed by atoms with Crippen molar-refractivity contribution in [1.82, 2.24) is 4.98 Å². The average molecular weight is 210 g/mol. The molecule has 1 aromatic heterocycles. The number of hydrogen-bond acceptors (Lipinski definition) is 3. The molecule has 1 N–H and O–H groups in total. The van der Waals surface area contributed by atoms with Crippen LogP contribution >= 0.6 is 0 Å². The molecule has 2 aromatic rings. The van der Waals surface area contributed by atoms with Crippen molar-refractivity contribution in [3.8, 4) is 22.9 Å². The largest absolute Gasteiger partial charge is 0.507 e. The molecule has 2 rings (SSSR count). The van der Waals surface area contributed by atoms with E-state index in [2.05, 4.69) is 4.98 Å². The van der Waals surface area contributed by atoms with Crippen LogP contribution in [0.3, 0.4) is 0 Å². The third-order valence-electron chi connectivity index (χ3n) is 2.33. The summed E-state index contributed by atoms with van der Waals surface area (Å²) in [7, 11) is 0. The molecule has 0 saturated heterocycles. The molecule has 0 aliphatic heterocycles. The van der Waals surface area contributed by atoms with E-state index in [1.165, 1.54) is 6.07 Å². The number of benzene rings is 1. The van der Waals surface area contributed by atoms with Gasteiger partial charge in [0.1, 0.15) is 11.8 Å². The zero-order valence-corrected chi connectivity index (χ0v) is 8.81. The van der Waals surface area contributed by atoms with E-state index in [0.29, 0.717) is 0 Å². The molecule has 0 unspecified atom stereocenters. The third-order valence-corrected chi connectivity index (χ3v) is 2.33. The molecule has 78 valence electrons. The van der Waals surface area contributed by atoms with Crippen LogP contribution in [0.4, 0.5) is 0 Å². The van der Waals surface area contributed by atoms with Gasteiger partial charge in [-0.15, -0.1) is 0 Å². The maximum absolute atomic E-state index is 9.40. The molecule has 0 atom stereocenters. The third kappa shape index (κ3) is 1.86. The fourth-order valence-electron chi connectivity index (χ4n) is 1.52. The van der Waals surface area contributed by atoms with E-state index in [1.54, 1.807) is 24.5 Å². The van der Waals surface area contributed by atoms with Gasteiger partial charge >= 0.3 is 0 Å². The minimum atomic E-state index is 0.00635. The van der Waals surface area contributed by atoms with Crippen LogP contribution < -0.4 is 0 Å². The maximum atomic E-state index is 9.40. The Morgan fingerprint density at radius 2 is 2.00 bits per heavy atom. The smallest absolute Gasteiger partial charge is 0.133 e. The second-order valence-electron chi connectivity index (χ2n) is 3.59. The summed E-state index contributed by atoms with van der Waals surface area (Å²) in [4.78, 5) is 4.09. The minimum Gasteiger partial charge on any atom is -0.507 e. The average Bonchev–Trinajstić information content (AvgIpc) is 2.29. The highest BCUT2D eigenvalue weighted by Gasteiger charge is 2.04. The van der Waals surface area contributed by atoms with E-state index >= 15 is 0 Å². The van der Waals surface area contributed by atoms with Crippen LogP contribution in [0, 0.1) is 18.3 Å². The molecule has 1 aromatic carbocycles. The Hall–Kier alpha value is -2.34. The van der Waals surface area contributed by atoms with Gasteiger partial charge in [-0.25, -0.2) is 0 Å². The first kappa shape index (κ1) is 10.2. The van der Waals surface area contributed by atoms with Gasteiger partial charge in [-0.2, -0.15) is 5.26 Å². The first-order valence-corrected chi connectivity index (χ1v) is 4.86. The van der Waals surface area contributed by atoms with E-state index in [1.807, 2.05) is 19.1 Å². The van der Waals surface area contributed by atoms with Gasteiger partial charge in [0.15, 0.2) is 0 Å². The molecule has 0 aliphatic rings. The van der Waals surface area contributed by atoms with Gasteiger partial charge in [-0.3, -0.25) is 4.98 Å². The van der Waals surface area contributed by atoms with Gasteiger partial charge in [0.05, 0.1) is 5.56 Å². The van der Waals surface area contributed by atoms with Crippen LogP contribution in [0.1, 0.15) is 11.1 Å². The molecule has 0 amide bonds. The van der Waals surface area contributed by atoms with Crippen molar-refractivity contribution in [3.63, 3.8) is 0 Å². The second-order valence-corrected chi connectivity index (χ2v) is 3.59. The molecular weight excluding hydrogens is 200 g/mol. The summed E-state index contributed by atoms with van der Waals surface area (Å²) in [6.45, 7) is 1.96. The lowest BCUT2D eigenvalue weighted by Crippen LogP contribution is -1.84. The molecular formula is C13H10N2O. The van der Waals surface area contributed by atoms with E-state index in [9.17, 15) is 5.11 Å². The molecule has 0 aliphatic carbocycles. The summed E-state index contributed by atoms with van der Waals surface area (Å²) in [5.41, 5.74) is 3.16. The summed E-state index contributed by atoms with van der Waals surface area (Å²) in [6, 6.07) is 8.89. The topological polar surface area (TPSA) is 56.9 Å². The monoisotopic (exact) mass is 210 g/mol. The Labute approximate surface area is 93.6 Å². The number of phenols is 1. The van der Waals surface area contributed by atoms with E-state index in [4.69, 9.17) is 5.26 Å². The van der Waals surface area contributed by atoms with Gasteiger partial charge in [0.2, 0.25) is 0 Å². The first-order valence-electron chi connectivity index (χ1n) is 4.86. The summed E-state index contributed by atoms with van der Waals surface area (Å²) < 4.78 is 0. The Morgan fingerprint density at radius 3 is 2.69 bits per heavy atom. The number of aryl methyl sites for hydroxylation is 1. The van der Waals surface area contributed by atoms with E-state index < -0.39 is 0 Å². The van der Waals surface area contributed by atoms with Crippen molar-refractivity contribution in [2.24, 2.45) is 0 Å². The van der Waals surface area contributed by atoms with Gasteiger partial charge in [0, 0.05) is 18.0 Å². The van der Waals surface area contributed by atoms with Crippen molar-refractivity contribution < 1.29 is 5.11 Å². The Bertz CT molecular complexity index is 570. The number of phenolic OH excluding ortho intramolecular Hbond substituents is 1. The highest BCUT2D eigenvalue weighted by atomic mass is 16.3. The number of rotatable bonds is 1. The normalized spacial score (nSPS) is 9.75. The maximum Gasteiger partial charge on any atom is 0.133 e. The van der Waals surface area contributed by atoms with Crippen LogP contribution in [0.25, 0.3) is 11.1 Å². The molecule has 3 nitrogen and oxygen atoms in total. The SMILES string of the molecule is Cc1cncc(-c2ccc(O)c(C#N)c2)c1. The van der Waals surface area contributed by atoms with Crippen molar-refractivity contribution >= 4 is 0 Å². The van der Waals surface area contributed by atoms with Crippen molar-refractivity contribution in [2.75, 3.05) is 0 Å². The van der Waals surface area contributed by atoms with Gasteiger partial charge in [-0.1, -0.05) is 6.07 Å². The van der Waals surface area contributed by atoms with Crippen molar-refractivity contribution in [3.05, 3.63) is 47.8 Å². The van der Waals surface area contributed by atoms with E-state index in [-0.39, 0.29) is 11.3 Å². The number of pyridine rings is 1. The zero-order valence-electron chi connectivity index (χ0n) is 8.81. The van der Waals surface area contributed by atoms with Crippen LogP contribution in [0.15, 0.2) is 36.7 Å². The highest BCUT2D eigenvalue weighted by Crippen LogP contribution is 2.25. The number of hydrogen-bond donors (Lipinski definition) is 1. The fourth-order valence-corrected chi connectivity index (χ4v) is 1.52. The quantitative estimate of drug-likeness (QED) is 0.787. The van der Waals surface area contributed by atoms with Gasteiger partial charge in [-0.05, 0) is 36.2 Å². The minimum absolute atomic E-state index is 0.00635. The zero-order chi connectivity index (χ0) is 11.5. The van der Waals surface area contributed by atoms with Crippen molar-refractivity contribution in [2.45, 2.75) is 6.92 Å². The summed E-state index contributed by atoms with van der Waals surface area (Å²) in [5.74, 6) is 0.00635. The summed E-state index contributed by atoms with van der Waals surface area (Å²) >= 11 is 0. The lowest BCUT2D eigenvalue weighted by atomic mass is 10.0. The van der Waals surface area contributed by atoms with Crippen LogP contribution in [-0.2, 0) is 0 Å². The lowest BCUT2D eigenvalue weighted by molar-refractivity contribution is 0.473. The number of nitriles is 1. The lowest BCUT2D eigenvalue weighted by Gasteiger charge is -2.03. The molecule has 1 heterocycles. The van der Waals surface area contributed by atoms with Gasteiger partial charge in [0.25, 0.3) is 0 Å². The van der Waals surface area contributed by atoms with Crippen molar-refractivity contribution in [1.29, 1.82) is 5.26 Å². The van der Waals surface area contributed by atoms with Crippen LogP contribution in [0.5, 0.6) is 5.75 Å². The number of aromatic hydroxyl groups is 1. The highest BCUT2D eigenvalue weighted by molar-refractivity contribution is 5.66. The Morgan fingerprint density at radius 1 is 1.19 bits per heavy atom. The fraction of sp³-hybridized carbons (Fsp3) is 0.0769. The Kier molecular flexibility index (Phi) is 2.57. The first-order chi connectivity index (χ1) is 7.70. The molecule has 0 spiro atoms. The predicted molar refractivity (Wildman–Crippen MR) is 60.8 cm³/mol. The predicted octanol–water partition coefficient (Wildman–Crippen LogP) is 2.63. The summed E-state index contributed by atoms with van der Waals surface area (Å²) in [5, 5.41) is 18.2. The standard InChI is InChI=1S/C13H10N2O/c1-9-4-12(8-15-7-9)10-2-3-13(16)11(5-10)6-14/h2-5,7-8,16H,1H3. The second kappa shape index (κ2) is 4.03. The Balaban J connectivity index is 2.54. The molecule has 0 bridgehead atoms. The molecule has 0 radical (unpaired) electrons. The number of aromatic nitrogens is 1. The van der Waals surface area contributed by atoms with Gasteiger partial charge < -0.3 is 5.11 Å². The van der Waals surface area contributed by atoms with Crippen LogP contribution in [-0.4, -0.2) is 10.1 Å². The van der Waals surface area contributed by atoms with E-state index in [0.717, 1.165) is 16.7 Å². The van der Waals surface area contributed by atoms with Crippen LogP contribution in [0.2, 0.25) is 0 Å².